The van der Waals surface area contributed by atoms with E-state index >= 15 is 0 Å². The smallest absolute Gasteiger partial charge is 0.0706 e. The molecule has 74 valence electrons. The molecule has 0 fully saturated rings. The summed E-state index contributed by atoms with van der Waals surface area (Å²) in [5.41, 5.74) is 2.66. The van der Waals surface area contributed by atoms with Crippen LogP contribution < -0.4 is 10.6 Å². The van der Waals surface area contributed by atoms with Crippen molar-refractivity contribution >= 4 is 6.08 Å². The van der Waals surface area contributed by atoms with E-state index < -0.39 is 0 Å². The molecule has 1 nitrogen and oxygen atoms in total. The lowest BCUT2D eigenvalue weighted by molar-refractivity contribution is 0.908. The minimum Gasteiger partial charge on any atom is -0.248 e. The van der Waals surface area contributed by atoms with Gasteiger partial charge in [-0.3, -0.25) is 0 Å². The summed E-state index contributed by atoms with van der Waals surface area (Å²) < 4.78 is 0. The zero-order valence-corrected chi connectivity index (χ0v) is 8.61. The molecule has 15 heavy (non-hydrogen) atoms. The fourth-order valence-corrected chi connectivity index (χ4v) is 2.15. The average molecular weight is 195 g/mol. The standard InChI is InChI=1S/C14H13N/c1-3-7-13-11(5-1)9-10-12-6-2-4-8-14(12)15-13/h1,3-5,7-9H,2,6,10H2. The molecule has 1 aromatic rings. The number of benzene rings is 1. The Labute approximate surface area is 89.2 Å². The second-order valence-electron chi connectivity index (χ2n) is 4.01. The Hall–Kier alpha value is -1.63. The first-order valence-corrected chi connectivity index (χ1v) is 5.46. The molecule has 1 heteroatoms. The summed E-state index contributed by atoms with van der Waals surface area (Å²) in [6.45, 7) is 0. The number of allylic oxidation sites excluding steroid dienone is 3. The minimum absolute atomic E-state index is 1.06. The predicted molar refractivity (Wildman–Crippen MR) is 61.7 cm³/mol. The third-order valence-corrected chi connectivity index (χ3v) is 3.00. The van der Waals surface area contributed by atoms with Crippen LogP contribution in [0.1, 0.15) is 19.3 Å². The molecular formula is C14H13N. The molecule has 0 N–H and O–H groups in total. The van der Waals surface area contributed by atoms with Gasteiger partial charge in [0.1, 0.15) is 0 Å². The highest BCUT2D eigenvalue weighted by Gasteiger charge is 2.08. The number of para-hydroxylation sites is 1. The second kappa shape index (κ2) is 3.50. The molecule has 0 spiro atoms. The fourth-order valence-electron chi connectivity index (χ4n) is 2.15. The number of nitrogens with zero attached hydrogens (tertiary/aromatic N) is 1. The molecule has 0 unspecified atom stereocenters. The Morgan fingerprint density at radius 1 is 1.13 bits per heavy atom. The highest BCUT2D eigenvalue weighted by molar-refractivity contribution is 5.39. The lowest BCUT2D eigenvalue weighted by Gasteiger charge is -2.09. The van der Waals surface area contributed by atoms with Gasteiger partial charge in [-0.05, 0) is 42.2 Å². The summed E-state index contributed by atoms with van der Waals surface area (Å²) in [4.78, 5) is 4.72. The molecule has 1 aliphatic heterocycles. The van der Waals surface area contributed by atoms with Crippen LogP contribution in [0.5, 0.6) is 0 Å². The van der Waals surface area contributed by atoms with Crippen molar-refractivity contribution in [2.75, 3.05) is 0 Å². The highest BCUT2D eigenvalue weighted by Crippen LogP contribution is 2.23. The SMILES string of the molecule is C1=CC2=C(CC=c3ccccc3=N2)CC1. The Balaban J connectivity index is 2.25. The topological polar surface area (TPSA) is 12.4 Å². The summed E-state index contributed by atoms with van der Waals surface area (Å²) in [5, 5.41) is 2.37. The van der Waals surface area contributed by atoms with E-state index in [-0.39, 0.29) is 0 Å². The van der Waals surface area contributed by atoms with Crippen LogP contribution in [0.25, 0.3) is 6.08 Å². The van der Waals surface area contributed by atoms with Crippen LogP contribution in [0.2, 0.25) is 0 Å². The van der Waals surface area contributed by atoms with Crippen molar-refractivity contribution in [3.63, 3.8) is 0 Å². The first kappa shape index (κ1) is 8.66. The Morgan fingerprint density at radius 2 is 2.07 bits per heavy atom. The van der Waals surface area contributed by atoms with Gasteiger partial charge in [-0.15, -0.1) is 0 Å². The van der Waals surface area contributed by atoms with E-state index in [1.54, 1.807) is 0 Å². The van der Waals surface area contributed by atoms with Gasteiger partial charge in [0.25, 0.3) is 0 Å². The van der Waals surface area contributed by atoms with Crippen molar-refractivity contribution in [2.24, 2.45) is 4.99 Å². The van der Waals surface area contributed by atoms with Gasteiger partial charge in [-0.2, -0.15) is 0 Å². The normalized spacial score (nSPS) is 18.4. The molecule has 1 aliphatic carbocycles. The number of hydrogen-bond acceptors (Lipinski definition) is 1. The summed E-state index contributed by atoms with van der Waals surface area (Å²) >= 11 is 0. The van der Waals surface area contributed by atoms with Crippen molar-refractivity contribution in [2.45, 2.75) is 19.3 Å². The van der Waals surface area contributed by atoms with Gasteiger partial charge in [0, 0.05) is 0 Å². The van der Waals surface area contributed by atoms with Gasteiger partial charge in [0.05, 0.1) is 11.1 Å². The Morgan fingerprint density at radius 3 is 3.07 bits per heavy atom. The summed E-state index contributed by atoms with van der Waals surface area (Å²) in [5.74, 6) is 0. The van der Waals surface area contributed by atoms with E-state index in [1.807, 2.05) is 6.07 Å². The van der Waals surface area contributed by atoms with Crippen LogP contribution in [0.15, 0.2) is 52.7 Å². The summed E-state index contributed by atoms with van der Waals surface area (Å²) in [6.07, 6.45) is 10.1. The molecule has 3 rings (SSSR count). The maximum absolute atomic E-state index is 4.72. The molecular weight excluding hydrogens is 182 g/mol. The summed E-state index contributed by atoms with van der Waals surface area (Å²) in [7, 11) is 0. The van der Waals surface area contributed by atoms with E-state index in [0.717, 1.165) is 11.8 Å². The fraction of sp³-hybridized carbons (Fsp3) is 0.214. The van der Waals surface area contributed by atoms with Crippen molar-refractivity contribution in [3.8, 4) is 0 Å². The van der Waals surface area contributed by atoms with Crippen molar-refractivity contribution in [3.05, 3.63) is 58.3 Å². The van der Waals surface area contributed by atoms with Crippen LogP contribution in [0.4, 0.5) is 0 Å². The average Bonchev–Trinajstić information content (AvgIpc) is 2.48. The third-order valence-electron chi connectivity index (χ3n) is 3.00. The van der Waals surface area contributed by atoms with E-state index in [0.29, 0.717) is 0 Å². The zero-order valence-electron chi connectivity index (χ0n) is 8.61. The molecule has 1 aromatic carbocycles. The predicted octanol–water partition coefficient (Wildman–Crippen LogP) is 2.09. The maximum Gasteiger partial charge on any atom is 0.0706 e. The van der Waals surface area contributed by atoms with Crippen molar-refractivity contribution < 1.29 is 0 Å². The van der Waals surface area contributed by atoms with Gasteiger partial charge in [0.2, 0.25) is 0 Å². The van der Waals surface area contributed by atoms with Crippen LogP contribution in [0, 0.1) is 0 Å². The second-order valence-corrected chi connectivity index (χ2v) is 4.01. The van der Waals surface area contributed by atoms with E-state index in [9.17, 15) is 0 Å². The van der Waals surface area contributed by atoms with Gasteiger partial charge >= 0.3 is 0 Å². The molecule has 0 radical (unpaired) electrons. The van der Waals surface area contributed by atoms with Crippen molar-refractivity contribution in [1.29, 1.82) is 0 Å². The van der Waals surface area contributed by atoms with E-state index in [4.69, 9.17) is 4.99 Å². The molecule has 0 saturated heterocycles. The molecule has 0 saturated carbocycles. The lowest BCUT2D eigenvalue weighted by Crippen LogP contribution is -2.23. The number of fused-ring (bicyclic) bond motifs is 1. The zero-order chi connectivity index (χ0) is 10.1. The van der Waals surface area contributed by atoms with Gasteiger partial charge < -0.3 is 0 Å². The maximum atomic E-state index is 4.72. The first-order chi connectivity index (χ1) is 7.43. The van der Waals surface area contributed by atoms with Crippen LogP contribution >= 0.6 is 0 Å². The monoisotopic (exact) mass is 195 g/mol. The first-order valence-electron chi connectivity index (χ1n) is 5.46. The Bertz CT molecular complexity index is 561. The van der Waals surface area contributed by atoms with Crippen molar-refractivity contribution in [1.82, 2.24) is 0 Å². The molecule has 0 atom stereocenters. The van der Waals surface area contributed by atoms with Gasteiger partial charge in [-0.25, -0.2) is 4.99 Å². The summed E-state index contributed by atoms with van der Waals surface area (Å²) in [6, 6.07) is 8.35. The molecule has 1 heterocycles. The highest BCUT2D eigenvalue weighted by atomic mass is 14.7. The molecule has 0 aromatic heterocycles. The lowest BCUT2D eigenvalue weighted by atomic mass is 9.99. The molecule has 0 bridgehead atoms. The minimum atomic E-state index is 1.06. The molecule has 0 amide bonds. The van der Waals surface area contributed by atoms with E-state index in [2.05, 4.69) is 36.4 Å². The third kappa shape index (κ3) is 1.54. The van der Waals surface area contributed by atoms with Crippen LogP contribution in [-0.4, -0.2) is 0 Å². The van der Waals surface area contributed by atoms with Gasteiger partial charge in [-0.1, -0.05) is 30.4 Å². The van der Waals surface area contributed by atoms with Gasteiger partial charge in [0.15, 0.2) is 0 Å². The quantitative estimate of drug-likeness (QED) is 0.601. The number of hydrogen-bond donors (Lipinski definition) is 0. The Kier molecular flexibility index (Phi) is 2.02. The number of rotatable bonds is 0. The van der Waals surface area contributed by atoms with Crippen LogP contribution in [0.3, 0.4) is 0 Å². The van der Waals surface area contributed by atoms with E-state index in [1.165, 1.54) is 29.3 Å². The largest absolute Gasteiger partial charge is 0.248 e. The van der Waals surface area contributed by atoms with Crippen LogP contribution in [-0.2, 0) is 0 Å². The molecule has 2 aliphatic rings.